The van der Waals surface area contributed by atoms with Gasteiger partial charge >= 0.3 is 0 Å². The molecule has 2 aliphatic rings. The summed E-state index contributed by atoms with van der Waals surface area (Å²) in [4.78, 5) is 2.60. The van der Waals surface area contributed by atoms with Gasteiger partial charge in [-0.15, -0.1) is 0 Å². The van der Waals surface area contributed by atoms with Crippen LogP contribution in [0.1, 0.15) is 32.3 Å². The van der Waals surface area contributed by atoms with Crippen molar-refractivity contribution in [3.8, 4) is 11.5 Å². The normalized spacial score (nSPS) is 25.9. The minimum absolute atomic E-state index is 0.349. The maximum atomic E-state index is 5.47. The van der Waals surface area contributed by atoms with E-state index in [2.05, 4.69) is 36.2 Å². The molecular weight excluding hydrogens is 252 g/mol. The molecule has 110 valence electrons. The Balaban J connectivity index is 1.71. The summed E-state index contributed by atoms with van der Waals surface area (Å²) < 4.78 is 10.8. The smallest absolute Gasteiger partial charge is 0.231 e. The molecule has 1 fully saturated rings. The average molecular weight is 276 g/mol. The third-order valence-corrected chi connectivity index (χ3v) is 4.40. The van der Waals surface area contributed by atoms with Gasteiger partial charge in [0.15, 0.2) is 11.5 Å². The second kappa shape index (κ2) is 6.02. The van der Waals surface area contributed by atoms with Crippen molar-refractivity contribution in [2.75, 3.05) is 19.9 Å². The molecule has 0 radical (unpaired) electrons. The molecule has 4 heteroatoms. The highest BCUT2D eigenvalue weighted by molar-refractivity contribution is 5.44. The molecule has 1 aromatic rings. The van der Waals surface area contributed by atoms with Gasteiger partial charge < -0.3 is 14.8 Å². The molecule has 0 aromatic heterocycles. The second-order valence-corrected chi connectivity index (χ2v) is 5.69. The van der Waals surface area contributed by atoms with Gasteiger partial charge in [0.2, 0.25) is 6.79 Å². The van der Waals surface area contributed by atoms with Gasteiger partial charge in [-0.1, -0.05) is 19.9 Å². The first-order valence-electron chi connectivity index (χ1n) is 7.66. The van der Waals surface area contributed by atoms with E-state index in [1.54, 1.807) is 0 Å². The van der Waals surface area contributed by atoms with Crippen molar-refractivity contribution in [1.29, 1.82) is 0 Å². The summed E-state index contributed by atoms with van der Waals surface area (Å²) in [5.41, 5.74) is 1.31. The Hall–Kier alpha value is -1.26. The van der Waals surface area contributed by atoms with Gasteiger partial charge in [-0.2, -0.15) is 0 Å². The van der Waals surface area contributed by atoms with E-state index in [-0.39, 0.29) is 0 Å². The summed E-state index contributed by atoms with van der Waals surface area (Å²) >= 11 is 0. The first kappa shape index (κ1) is 13.7. The first-order valence-corrected chi connectivity index (χ1v) is 7.66. The molecule has 1 N–H and O–H groups in total. The van der Waals surface area contributed by atoms with E-state index in [4.69, 9.17) is 9.47 Å². The summed E-state index contributed by atoms with van der Waals surface area (Å²) in [6.45, 7) is 8.09. The molecule has 2 unspecified atom stereocenters. The van der Waals surface area contributed by atoms with Gasteiger partial charge in [-0.25, -0.2) is 0 Å². The van der Waals surface area contributed by atoms with Crippen molar-refractivity contribution < 1.29 is 9.47 Å². The lowest BCUT2D eigenvalue weighted by Gasteiger charge is -2.40. The van der Waals surface area contributed by atoms with Gasteiger partial charge in [0.05, 0.1) is 0 Å². The number of hydrogen-bond donors (Lipinski definition) is 1. The van der Waals surface area contributed by atoms with Gasteiger partial charge in [-0.3, -0.25) is 4.90 Å². The fourth-order valence-corrected chi connectivity index (χ4v) is 3.07. The number of piperazine rings is 1. The Morgan fingerprint density at radius 1 is 1.20 bits per heavy atom. The number of rotatable bonds is 4. The number of ether oxygens (including phenoxy) is 2. The van der Waals surface area contributed by atoms with Crippen molar-refractivity contribution in [1.82, 2.24) is 10.2 Å². The van der Waals surface area contributed by atoms with Crippen LogP contribution in [0.15, 0.2) is 18.2 Å². The van der Waals surface area contributed by atoms with Crippen LogP contribution in [0.4, 0.5) is 0 Å². The summed E-state index contributed by atoms with van der Waals surface area (Å²) in [6, 6.07) is 7.55. The molecule has 0 amide bonds. The van der Waals surface area contributed by atoms with Crippen LogP contribution in [0.3, 0.4) is 0 Å². The lowest BCUT2D eigenvalue weighted by Crippen LogP contribution is -2.55. The van der Waals surface area contributed by atoms with E-state index in [1.165, 1.54) is 18.4 Å². The Kier molecular flexibility index (Phi) is 4.13. The monoisotopic (exact) mass is 276 g/mol. The molecule has 2 heterocycles. The molecule has 0 bridgehead atoms. The van der Waals surface area contributed by atoms with Crippen LogP contribution >= 0.6 is 0 Å². The predicted molar refractivity (Wildman–Crippen MR) is 79.1 cm³/mol. The molecule has 0 saturated carbocycles. The molecule has 1 aromatic carbocycles. The summed E-state index contributed by atoms with van der Waals surface area (Å²) in [5, 5.41) is 3.64. The van der Waals surface area contributed by atoms with Crippen LogP contribution in [0, 0.1) is 0 Å². The van der Waals surface area contributed by atoms with E-state index in [0.717, 1.165) is 31.1 Å². The molecule has 20 heavy (non-hydrogen) atoms. The highest BCUT2D eigenvalue weighted by Crippen LogP contribution is 2.33. The fraction of sp³-hybridized carbons (Fsp3) is 0.625. The third kappa shape index (κ3) is 2.76. The first-order chi connectivity index (χ1) is 9.80. The molecule has 2 atom stereocenters. The molecular formula is C16H24N2O2. The number of hydrogen-bond acceptors (Lipinski definition) is 4. The zero-order valence-corrected chi connectivity index (χ0v) is 12.4. The number of fused-ring (bicyclic) bond motifs is 1. The fourth-order valence-electron chi connectivity index (χ4n) is 3.07. The Bertz CT molecular complexity index is 464. The van der Waals surface area contributed by atoms with Crippen molar-refractivity contribution in [3.63, 3.8) is 0 Å². The van der Waals surface area contributed by atoms with Crippen LogP contribution in [-0.4, -0.2) is 36.9 Å². The standard InChI is InChI=1S/C16H24N2O2/c1-3-13-10-18(14(4-2)8-17-13)9-12-5-6-15-16(7-12)20-11-19-15/h5-7,13-14,17H,3-4,8-11H2,1-2H3. The topological polar surface area (TPSA) is 33.7 Å². The highest BCUT2D eigenvalue weighted by Gasteiger charge is 2.26. The molecule has 1 saturated heterocycles. The largest absolute Gasteiger partial charge is 0.454 e. The summed E-state index contributed by atoms with van der Waals surface area (Å²) in [7, 11) is 0. The van der Waals surface area contributed by atoms with Crippen LogP contribution in [-0.2, 0) is 6.54 Å². The second-order valence-electron chi connectivity index (χ2n) is 5.69. The van der Waals surface area contributed by atoms with Crippen LogP contribution < -0.4 is 14.8 Å². The van der Waals surface area contributed by atoms with E-state index in [0.29, 0.717) is 18.9 Å². The lowest BCUT2D eigenvalue weighted by atomic mass is 10.0. The van der Waals surface area contributed by atoms with Gasteiger partial charge in [0, 0.05) is 31.7 Å². The Labute approximate surface area is 121 Å². The number of benzene rings is 1. The van der Waals surface area contributed by atoms with E-state index in [1.807, 2.05) is 6.07 Å². The molecule has 4 nitrogen and oxygen atoms in total. The minimum atomic E-state index is 0.349. The quantitative estimate of drug-likeness (QED) is 0.915. The van der Waals surface area contributed by atoms with Crippen molar-refractivity contribution in [2.24, 2.45) is 0 Å². The molecule has 0 aliphatic carbocycles. The van der Waals surface area contributed by atoms with Gasteiger partial charge in [-0.05, 0) is 30.5 Å². The van der Waals surface area contributed by atoms with Crippen LogP contribution in [0.2, 0.25) is 0 Å². The van der Waals surface area contributed by atoms with E-state index >= 15 is 0 Å². The van der Waals surface area contributed by atoms with Crippen molar-refractivity contribution in [3.05, 3.63) is 23.8 Å². The Morgan fingerprint density at radius 2 is 2.05 bits per heavy atom. The van der Waals surface area contributed by atoms with Gasteiger partial charge in [0.1, 0.15) is 0 Å². The minimum Gasteiger partial charge on any atom is -0.454 e. The van der Waals surface area contributed by atoms with Gasteiger partial charge in [0.25, 0.3) is 0 Å². The zero-order valence-electron chi connectivity index (χ0n) is 12.4. The number of nitrogens with zero attached hydrogens (tertiary/aromatic N) is 1. The van der Waals surface area contributed by atoms with E-state index in [9.17, 15) is 0 Å². The SMILES string of the molecule is CCC1CN(Cc2ccc3c(c2)OCO3)C(CC)CN1. The average Bonchev–Trinajstić information content (AvgIpc) is 2.94. The molecule has 0 spiro atoms. The predicted octanol–water partition coefficient (Wildman–Crippen LogP) is 2.38. The molecule has 2 aliphatic heterocycles. The third-order valence-electron chi connectivity index (χ3n) is 4.40. The van der Waals surface area contributed by atoms with E-state index < -0.39 is 0 Å². The van der Waals surface area contributed by atoms with Crippen LogP contribution in [0.5, 0.6) is 11.5 Å². The zero-order chi connectivity index (χ0) is 13.9. The number of nitrogens with one attached hydrogen (secondary N) is 1. The maximum Gasteiger partial charge on any atom is 0.231 e. The van der Waals surface area contributed by atoms with Crippen molar-refractivity contribution in [2.45, 2.75) is 45.3 Å². The summed E-state index contributed by atoms with van der Waals surface area (Å²) in [6.07, 6.45) is 2.38. The molecule has 3 rings (SSSR count). The highest BCUT2D eigenvalue weighted by atomic mass is 16.7. The van der Waals surface area contributed by atoms with Crippen molar-refractivity contribution >= 4 is 0 Å². The van der Waals surface area contributed by atoms with Crippen LogP contribution in [0.25, 0.3) is 0 Å². The lowest BCUT2D eigenvalue weighted by molar-refractivity contribution is 0.117. The Morgan fingerprint density at radius 3 is 2.85 bits per heavy atom. The summed E-state index contributed by atoms with van der Waals surface area (Å²) in [5.74, 6) is 1.75. The maximum absolute atomic E-state index is 5.47.